The highest BCUT2D eigenvalue weighted by Crippen LogP contribution is 2.27. The molecule has 2 heteroatoms. The zero-order valence-corrected chi connectivity index (χ0v) is 12.1. The molecule has 0 unspecified atom stereocenters. The summed E-state index contributed by atoms with van der Waals surface area (Å²) < 4.78 is 13.0. The standard InChI is InChI=1S/C18H19FO/c1-18(2,3)15-8-4-13(5-9-15)17(12-20)14-6-10-16(19)11-7-14/h4-12,17H,1-3H3/t17-/m0/s1. The fraction of sp³-hybridized carbons (Fsp3) is 0.278. The molecule has 1 atom stereocenters. The van der Waals surface area contributed by atoms with Gasteiger partial charge in [0.05, 0.1) is 5.92 Å². The Labute approximate surface area is 119 Å². The summed E-state index contributed by atoms with van der Waals surface area (Å²) in [5.74, 6) is -0.633. The van der Waals surface area contributed by atoms with Crippen LogP contribution in [0, 0.1) is 5.82 Å². The van der Waals surface area contributed by atoms with Crippen LogP contribution in [0.25, 0.3) is 0 Å². The highest BCUT2D eigenvalue weighted by molar-refractivity contribution is 5.68. The van der Waals surface area contributed by atoms with E-state index in [-0.39, 0.29) is 17.2 Å². The van der Waals surface area contributed by atoms with Gasteiger partial charge < -0.3 is 4.79 Å². The van der Waals surface area contributed by atoms with E-state index < -0.39 is 0 Å². The Morgan fingerprint density at radius 3 is 1.75 bits per heavy atom. The monoisotopic (exact) mass is 270 g/mol. The summed E-state index contributed by atoms with van der Waals surface area (Å²) in [4.78, 5) is 11.4. The second-order valence-corrected chi connectivity index (χ2v) is 6.04. The molecule has 0 radical (unpaired) electrons. The predicted molar refractivity (Wildman–Crippen MR) is 79.4 cm³/mol. The zero-order chi connectivity index (χ0) is 14.8. The Morgan fingerprint density at radius 2 is 1.35 bits per heavy atom. The zero-order valence-electron chi connectivity index (χ0n) is 12.1. The molecule has 104 valence electrons. The van der Waals surface area contributed by atoms with Gasteiger partial charge in [0, 0.05) is 0 Å². The van der Waals surface area contributed by atoms with Gasteiger partial charge in [0.25, 0.3) is 0 Å². The maximum atomic E-state index is 13.0. The number of hydrogen-bond acceptors (Lipinski definition) is 1. The van der Waals surface area contributed by atoms with Crippen LogP contribution in [-0.4, -0.2) is 6.29 Å². The van der Waals surface area contributed by atoms with Crippen LogP contribution >= 0.6 is 0 Å². The van der Waals surface area contributed by atoms with Crippen molar-refractivity contribution in [3.8, 4) is 0 Å². The molecule has 0 bridgehead atoms. The highest BCUT2D eigenvalue weighted by atomic mass is 19.1. The normalized spacial score (nSPS) is 13.0. The van der Waals surface area contributed by atoms with Crippen LogP contribution in [0.5, 0.6) is 0 Å². The SMILES string of the molecule is CC(C)(C)c1ccc([C@H](C=O)c2ccc(F)cc2)cc1. The topological polar surface area (TPSA) is 17.1 Å². The highest BCUT2D eigenvalue weighted by Gasteiger charge is 2.16. The van der Waals surface area contributed by atoms with Gasteiger partial charge >= 0.3 is 0 Å². The number of rotatable bonds is 3. The van der Waals surface area contributed by atoms with Gasteiger partial charge in [-0.1, -0.05) is 57.2 Å². The van der Waals surface area contributed by atoms with Gasteiger partial charge in [0.2, 0.25) is 0 Å². The Morgan fingerprint density at radius 1 is 0.900 bits per heavy atom. The smallest absolute Gasteiger partial charge is 0.131 e. The van der Waals surface area contributed by atoms with E-state index in [9.17, 15) is 9.18 Å². The largest absolute Gasteiger partial charge is 0.302 e. The van der Waals surface area contributed by atoms with Crippen LogP contribution in [0.1, 0.15) is 43.4 Å². The molecule has 0 aliphatic carbocycles. The van der Waals surface area contributed by atoms with Crippen molar-refractivity contribution in [3.63, 3.8) is 0 Å². The van der Waals surface area contributed by atoms with E-state index >= 15 is 0 Å². The third-order valence-corrected chi connectivity index (χ3v) is 3.50. The molecular weight excluding hydrogens is 251 g/mol. The summed E-state index contributed by atoms with van der Waals surface area (Å²) in [6.45, 7) is 6.46. The van der Waals surface area contributed by atoms with Crippen molar-refractivity contribution in [2.45, 2.75) is 32.1 Å². The number of benzene rings is 2. The summed E-state index contributed by atoms with van der Waals surface area (Å²) in [6.07, 6.45) is 0.902. The molecule has 0 saturated heterocycles. The van der Waals surface area contributed by atoms with Gasteiger partial charge in [0.1, 0.15) is 12.1 Å². The van der Waals surface area contributed by atoms with Gasteiger partial charge in [-0.05, 0) is 34.2 Å². The van der Waals surface area contributed by atoms with Crippen LogP contribution in [-0.2, 0) is 10.2 Å². The summed E-state index contributed by atoms with van der Waals surface area (Å²) in [7, 11) is 0. The van der Waals surface area contributed by atoms with Crippen molar-refractivity contribution in [2.24, 2.45) is 0 Å². The Kier molecular flexibility index (Phi) is 4.03. The lowest BCUT2D eigenvalue weighted by molar-refractivity contribution is -0.108. The lowest BCUT2D eigenvalue weighted by Gasteiger charge is -2.20. The van der Waals surface area contributed by atoms with E-state index in [1.807, 2.05) is 12.1 Å². The molecule has 1 nitrogen and oxygen atoms in total. The molecule has 0 aromatic heterocycles. The molecule has 0 aliphatic heterocycles. The van der Waals surface area contributed by atoms with Crippen molar-refractivity contribution in [2.75, 3.05) is 0 Å². The second-order valence-electron chi connectivity index (χ2n) is 6.04. The van der Waals surface area contributed by atoms with Crippen LogP contribution in [0.15, 0.2) is 48.5 Å². The Hall–Kier alpha value is -1.96. The van der Waals surface area contributed by atoms with E-state index in [0.717, 1.165) is 17.4 Å². The fourth-order valence-electron chi connectivity index (χ4n) is 2.21. The third kappa shape index (κ3) is 3.13. The first-order valence-corrected chi connectivity index (χ1v) is 6.73. The van der Waals surface area contributed by atoms with Crippen LogP contribution in [0.2, 0.25) is 0 Å². The first-order chi connectivity index (χ1) is 9.41. The molecule has 0 spiro atoms. The molecule has 2 rings (SSSR count). The number of carbonyl (C=O) groups excluding carboxylic acids is 1. The average molecular weight is 270 g/mol. The molecule has 2 aromatic rings. The van der Waals surface area contributed by atoms with E-state index in [4.69, 9.17) is 0 Å². The number of carbonyl (C=O) groups is 1. The maximum Gasteiger partial charge on any atom is 0.131 e. The molecule has 0 aliphatic rings. The van der Waals surface area contributed by atoms with E-state index in [1.165, 1.54) is 17.7 Å². The summed E-state index contributed by atoms with van der Waals surface area (Å²) in [5, 5.41) is 0. The summed E-state index contributed by atoms with van der Waals surface area (Å²) >= 11 is 0. The van der Waals surface area contributed by atoms with Crippen molar-refractivity contribution in [3.05, 3.63) is 71.0 Å². The fourth-order valence-corrected chi connectivity index (χ4v) is 2.21. The predicted octanol–water partition coefficient (Wildman–Crippen LogP) is 4.45. The third-order valence-electron chi connectivity index (χ3n) is 3.50. The van der Waals surface area contributed by atoms with Crippen LogP contribution in [0.4, 0.5) is 4.39 Å². The van der Waals surface area contributed by atoms with Gasteiger partial charge in [-0.25, -0.2) is 4.39 Å². The van der Waals surface area contributed by atoms with Gasteiger partial charge in [-0.15, -0.1) is 0 Å². The van der Waals surface area contributed by atoms with Crippen molar-refractivity contribution in [1.29, 1.82) is 0 Å². The van der Waals surface area contributed by atoms with Crippen molar-refractivity contribution < 1.29 is 9.18 Å². The second kappa shape index (κ2) is 5.58. The molecule has 0 amide bonds. The minimum atomic E-state index is -0.343. The van der Waals surface area contributed by atoms with Crippen molar-refractivity contribution >= 4 is 6.29 Å². The number of hydrogen-bond donors (Lipinski definition) is 0. The van der Waals surface area contributed by atoms with E-state index in [2.05, 4.69) is 32.9 Å². The Balaban J connectivity index is 2.33. The molecule has 0 N–H and O–H groups in total. The quantitative estimate of drug-likeness (QED) is 0.753. The van der Waals surface area contributed by atoms with Crippen molar-refractivity contribution in [1.82, 2.24) is 0 Å². The van der Waals surface area contributed by atoms with Crippen LogP contribution < -0.4 is 0 Å². The molecule has 0 fully saturated rings. The number of aldehydes is 1. The lowest BCUT2D eigenvalue weighted by atomic mass is 9.85. The van der Waals surface area contributed by atoms with E-state index in [1.54, 1.807) is 12.1 Å². The molecule has 0 saturated carbocycles. The Bertz CT molecular complexity index is 576. The maximum absolute atomic E-state index is 13.0. The summed E-state index contributed by atoms with van der Waals surface area (Å²) in [6, 6.07) is 14.1. The van der Waals surface area contributed by atoms with E-state index in [0.29, 0.717) is 0 Å². The average Bonchev–Trinajstić information content (AvgIpc) is 2.41. The molecule has 2 aromatic carbocycles. The molecule has 20 heavy (non-hydrogen) atoms. The first kappa shape index (κ1) is 14.4. The molecule has 0 heterocycles. The minimum Gasteiger partial charge on any atom is -0.302 e. The van der Waals surface area contributed by atoms with Gasteiger partial charge in [0.15, 0.2) is 0 Å². The molecular formula is C18H19FO. The summed E-state index contributed by atoms with van der Waals surface area (Å²) in [5.41, 5.74) is 3.06. The van der Waals surface area contributed by atoms with Crippen LogP contribution in [0.3, 0.4) is 0 Å². The minimum absolute atomic E-state index is 0.0884. The van der Waals surface area contributed by atoms with Gasteiger partial charge in [-0.3, -0.25) is 0 Å². The number of halogens is 1. The van der Waals surface area contributed by atoms with Gasteiger partial charge in [-0.2, -0.15) is 0 Å². The lowest BCUT2D eigenvalue weighted by Crippen LogP contribution is -2.11. The first-order valence-electron chi connectivity index (χ1n) is 6.73.